The Bertz CT molecular complexity index is 924. The topological polar surface area (TPSA) is 64.7 Å². The van der Waals surface area contributed by atoms with Gasteiger partial charge in [-0.25, -0.2) is 0 Å². The molecular weight excluding hydrogens is 358 g/mol. The van der Waals surface area contributed by atoms with Crippen LogP contribution in [0.4, 0.5) is 5.69 Å². The van der Waals surface area contributed by atoms with E-state index in [0.717, 1.165) is 40.8 Å². The fourth-order valence-electron chi connectivity index (χ4n) is 3.03. The lowest BCUT2D eigenvalue weighted by atomic mass is 10.1. The van der Waals surface area contributed by atoms with E-state index in [1.807, 2.05) is 51.4 Å². The number of hydrogen-bond donors (Lipinski definition) is 1. The van der Waals surface area contributed by atoms with Crippen molar-refractivity contribution in [3.8, 4) is 0 Å². The minimum Gasteiger partial charge on any atom is -0.354 e. The number of amides is 1. The summed E-state index contributed by atoms with van der Waals surface area (Å²) >= 11 is 1.42. The van der Waals surface area contributed by atoms with Crippen LogP contribution in [0.1, 0.15) is 29.6 Å². The maximum absolute atomic E-state index is 12.4. The number of para-hydroxylation sites is 1. The molecule has 0 saturated carbocycles. The lowest BCUT2D eigenvalue weighted by Gasteiger charge is -2.11. The third-order valence-electron chi connectivity index (χ3n) is 4.58. The Balaban J connectivity index is 1.66. The third kappa shape index (κ3) is 4.42. The van der Waals surface area contributed by atoms with E-state index < -0.39 is 0 Å². The number of nitrogens with one attached hydrogen (secondary N) is 1. The molecule has 0 fully saturated rings. The third-order valence-corrected chi connectivity index (χ3v) is 5.54. The van der Waals surface area contributed by atoms with Crippen molar-refractivity contribution in [1.29, 1.82) is 0 Å². The first kappa shape index (κ1) is 19.2. The number of rotatable bonds is 7. The van der Waals surface area contributed by atoms with E-state index in [2.05, 4.69) is 37.6 Å². The van der Waals surface area contributed by atoms with Crippen LogP contribution in [0.15, 0.2) is 41.7 Å². The number of aromatic nitrogens is 4. The normalized spacial score (nSPS) is 11.0. The summed E-state index contributed by atoms with van der Waals surface area (Å²) in [7, 11) is 2.02. The first-order valence-corrected chi connectivity index (χ1v) is 9.99. The summed E-state index contributed by atoms with van der Waals surface area (Å²) in [5.74, 6) is 1.18. The lowest BCUT2D eigenvalue weighted by molar-refractivity contribution is -0.113. The molecule has 0 spiro atoms. The van der Waals surface area contributed by atoms with Crippen LogP contribution in [0.2, 0.25) is 0 Å². The van der Waals surface area contributed by atoms with E-state index >= 15 is 0 Å². The molecule has 3 rings (SSSR count). The van der Waals surface area contributed by atoms with E-state index in [1.165, 1.54) is 17.5 Å². The number of aryl methyl sites for hydroxylation is 3. The van der Waals surface area contributed by atoms with Gasteiger partial charge in [0.05, 0.1) is 5.75 Å². The van der Waals surface area contributed by atoms with E-state index in [0.29, 0.717) is 5.75 Å². The van der Waals surface area contributed by atoms with Crippen LogP contribution < -0.4 is 5.32 Å². The molecule has 27 heavy (non-hydrogen) atoms. The summed E-state index contributed by atoms with van der Waals surface area (Å²) in [5.41, 5.74) is 4.20. The van der Waals surface area contributed by atoms with Crippen molar-refractivity contribution in [1.82, 2.24) is 19.3 Å². The predicted molar refractivity (Wildman–Crippen MR) is 109 cm³/mol. The highest BCUT2D eigenvalue weighted by atomic mass is 32.2. The molecule has 0 aliphatic carbocycles. The molecule has 1 aromatic carbocycles. The number of thioether (sulfide) groups is 1. The highest BCUT2D eigenvalue weighted by molar-refractivity contribution is 7.99. The van der Waals surface area contributed by atoms with Crippen LogP contribution in [-0.4, -0.2) is 31.0 Å². The van der Waals surface area contributed by atoms with Gasteiger partial charge < -0.3 is 14.5 Å². The summed E-state index contributed by atoms with van der Waals surface area (Å²) in [6.07, 6.45) is 2.75. The van der Waals surface area contributed by atoms with Gasteiger partial charge in [-0.05, 0) is 44.0 Å². The average molecular weight is 384 g/mol. The van der Waals surface area contributed by atoms with Crippen LogP contribution in [0.25, 0.3) is 0 Å². The number of carbonyl (C=O) groups is 1. The van der Waals surface area contributed by atoms with E-state index in [-0.39, 0.29) is 5.91 Å². The quantitative estimate of drug-likeness (QED) is 0.634. The summed E-state index contributed by atoms with van der Waals surface area (Å²) in [6.45, 7) is 6.84. The highest BCUT2D eigenvalue weighted by Crippen LogP contribution is 2.22. The Hall–Kier alpha value is -2.54. The zero-order chi connectivity index (χ0) is 19.4. The van der Waals surface area contributed by atoms with Crippen molar-refractivity contribution in [2.75, 3.05) is 11.1 Å². The molecule has 0 bridgehead atoms. The average Bonchev–Trinajstić information content (AvgIpc) is 3.22. The van der Waals surface area contributed by atoms with Crippen LogP contribution >= 0.6 is 11.8 Å². The monoisotopic (exact) mass is 383 g/mol. The van der Waals surface area contributed by atoms with E-state index in [4.69, 9.17) is 0 Å². The number of carbonyl (C=O) groups excluding carboxylic acids is 1. The molecule has 0 saturated heterocycles. The zero-order valence-electron chi connectivity index (χ0n) is 16.2. The van der Waals surface area contributed by atoms with Crippen molar-refractivity contribution in [2.45, 2.75) is 38.9 Å². The van der Waals surface area contributed by atoms with E-state index in [9.17, 15) is 4.79 Å². The van der Waals surface area contributed by atoms with Crippen molar-refractivity contribution in [3.05, 3.63) is 59.2 Å². The molecule has 2 heterocycles. The molecule has 0 unspecified atom stereocenters. The predicted octanol–water partition coefficient (Wildman–Crippen LogP) is 3.57. The Morgan fingerprint density at radius 1 is 1.15 bits per heavy atom. The number of hydrogen-bond acceptors (Lipinski definition) is 4. The molecule has 3 aromatic rings. The van der Waals surface area contributed by atoms with Gasteiger partial charge in [-0.3, -0.25) is 4.79 Å². The lowest BCUT2D eigenvalue weighted by Crippen LogP contribution is -2.16. The van der Waals surface area contributed by atoms with Gasteiger partial charge in [-0.15, -0.1) is 10.2 Å². The largest absolute Gasteiger partial charge is 0.354 e. The van der Waals surface area contributed by atoms with Gasteiger partial charge in [0.25, 0.3) is 0 Å². The molecular formula is C20H25N5OS. The molecule has 0 atom stereocenters. The van der Waals surface area contributed by atoms with Crippen molar-refractivity contribution in [3.63, 3.8) is 0 Å². The minimum absolute atomic E-state index is 0.0352. The molecule has 0 radical (unpaired) electrons. The van der Waals surface area contributed by atoms with Crippen LogP contribution in [0.3, 0.4) is 0 Å². The molecule has 7 heteroatoms. The summed E-state index contributed by atoms with van der Waals surface area (Å²) in [4.78, 5) is 12.4. The minimum atomic E-state index is -0.0352. The summed E-state index contributed by atoms with van der Waals surface area (Å²) in [6, 6.07) is 10.1. The van der Waals surface area contributed by atoms with Crippen molar-refractivity contribution >= 4 is 23.4 Å². The van der Waals surface area contributed by atoms with E-state index in [1.54, 1.807) is 0 Å². The molecule has 0 aliphatic heterocycles. The van der Waals surface area contributed by atoms with Gasteiger partial charge in [0, 0.05) is 37.6 Å². The maximum atomic E-state index is 12.4. The first-order chi connectivity index (χ1) is 13.0. The van der Waals surface area contributed by atoms with Gasteiger partial charge in [0.15, 0.2) is 5.16 Å². The molecule has 142 valence electrons. The van der Waals surface area contributed by atoms with Crippen LogP contribution in [0.5, 0.6) is 0 Å². The number of benzene rings is 1. The second-order valence-corrected chi connectivity index (χ2v) is 7.48. The van der Waals surface area contributed by atoms with Crippen molar-refractivity contribution < 1.29 is 4.79 Å². The number of nitrogens with zero attached hydrogens (tertiary/aromatic N) is 4. The Morgan fingerprint density at radius 2 is 1.89 bits per heavy atom. The Kier molecular flexibility index (Phi) is 6.01. The highest BCUT2D eigenvalue weighted by Gasteiger charge is 2.15. The smallest absolute Gasteiger partial charge is 0.234 e. The molecule has 2 aromatic heterocycles. The zero-order valence-corrected chi connectivity index (χ0v) is 17.0. The molecule has 0 aliphatic rings. The molecule has 6 nitrogen and oxygen atoms in total. The van der Waals surface area contributed by atoms with Gasteiger partial charge in [-0.1, -0.05) is 30.0 Å². The van der Waals surface area contributed by atoms with Gasteiger partial charge >= 0.3 is 0 Å². The van der Waals surface area contributed by atoms with Gasteiger partial charge in [0.1, 0.15) is 5.82 Å². The Labute approximate surface area is 164 Å². The second-order valence-electron chi connectivity index (χ2n) is 6.53. The van der Waals surface area contributed by atoms with Crippen LogP contribution in [-0.2, 0) is 24.8 Å². The fourth-order valence-corrected chi connectivity index (χ4v) is 3.85. The van der Waals surface area contributed by atoms with Gasteiger partial charge in [-0.2, -0.15) is 0 Å². The maximum Gasteiger partial charge on any atom is 0.234 e. The number of anilines is 1. The SMILES string of the molecule is CCn1c(Cc2cccn2C)nnc1SCC(=O)Nc1c(C)cccc1C. The van der Waals surface area contributed by atoms with Crippen LogP contribution in [0, 0.1) is 13.8 Å². The van der Waals surface area contributed by atoms with Crippen molar-refractivity contribution in [2.24, 2.45) is 7.05 Å². The summed E-state index contributed by atoms with van der Waals surface area (Å²) in [5, 5.41) is 12.4. The summed E-state index contributed by atoms with van der Waals surface area (Å²) < 4.78 is 4.16. The second kappa shape index (κ2) is 8.43. The molecule has 1 N–H and O–H groups in total. The fraction of sp³-hybridized carbons (Fsp3) is 0.350. The first-order valence-electron chi connectivity index (χ1n) is 9.00. The molecule has 1 amide bonds. The van der Waals surface area contributed by atoms with Gasteiger partial charge in [0.2, 0.25) is 5.91 Å². The standard InChI is InChI=1S/C20H25N5OS/c1-5-25-17(12-16-10-7-11-24(16)4)22-23-20(25)27-13-18(26)21-19-14(2)8-6-9-15(19)3/h6-11H,5,12-13H2,1-4H3,(H,21,26). The Morgan fingerprint density at radius 3 is 2.52 bits per heavy atom.